The number of nitrogens with one attached hydrogen (secondary N) is 2. The maximum Gasteiger partial charge on any atom is 0.277 e. The van der Waals surface area contributed by atoms with Crippen LogP contribution in [0.15, 0.2) is 12.3 Å². The first-order chi connectivity index (χ1) is 8.77. The second kappa shape index (κ2) is 5.64. The van der Waals surface area contributed by atoms with Crippen molar-refractivity contribution < 1.29 is 9.72 Å². The van der Waals surface area contributed by atoms with Gasteiger partial charge < -0.3 is 10.6 Å². The van der Waals surface area contributed by atoms with E-state index in [9.17, 15) is 14.9 Å². The molecule has 0 saturated heterocycles. The minimum absolute atomic E-state index is 0.00949. The summed E-state index contributed by atoms with van der Waals surface area (Å²) < 4.78 is 0. The Morgan fingerprint density at radius 2 is 2.16 bits per heavy atom. The van der Waals surface area contributed by atoms with Gasteiger partial charge in [-0.15, -0.1) is 0 Å². The van der Waals surface area contributed by atoms with Crippen LogP contribution in [0.1, 0.15) is 19.4 Å². The molecule has 7 heteroatoms. The van der Waals surface area contributed by atoms with Crippen molar-refractivity contribution in [3.8, 4) is 0 Å². The number of anilines is 1. The Hall–Kier alpha value is -2.18. The molecule has 0 aliphatic heterocycles. The van der Waals surface area contributed by atoms with Crippen LogP contribution in [0.25, 0.3) is 0 Å². The maximum absolute atomic E-state index is 11.6. The normalized spacial score (nSPS) is 10.9. The maximum atomic E-state index is 11.6. The molecule has 0 aliphatic rings. The second-order valence-corrected chi connectivity index (χ2v) is 4.93. The molecule has 7 nitrogen and oxygen atoms in total. The Balaban J connectivity index is 2.82. The largest absolute Gasteiger partial charge is 0.369 e. The van der Waals surface area contributed by atoms with Gasteiger partial charge in [-0.2, -0.15) is 0 Å². The van der Waals surface area contributed by atoms with Gasteiger partial charge in [0.25, 0.3) is 5.69 Å². The van der Waals surface area contributed by atoms with Crippen LogP contribution in [-0.4, -0.2) is 29.4 Å². The van der Waals surface area contributed by atoms with Crippen molar-refractivity contribution in [1.82, 2.24) is 10.3 Å². The molecular weight excluding hydrogens is 248 g/mol. The zero-order valence-corrected chi connectivity index (χ0v) is 11.5. The molecule has 0 radical (unpaired) electrons. The number of aryl methyl sites for hydroxylation is 1. The summed E-state index contributed by atoms with van der Waals surface area (Å²) in [6, 6.07) is 1.37. The fourth-order valence-corrected chi connectivity index (χ4v) is 1.54. The van der Waals surface area contributed by atoms with E-state index >= 15 is 0 Å². The van der Waals surface area contributed by atoms with Crippen LogP contribution in [0.2, 0.25) is 0 Å². The van der Waals surface area contributed by atoms with Crippen LogP contribution in [0.5, 0.6) is 0 Å². The highest BCUT2D eigenvalue weighted by molar-refractivity contribution is 5.82. The zero-order valence-electron chi connectivity index (χ0n) is 11.5. The molecule has 1 heterocycles. The highest BCUT2D eigenvalue weighted by atomic mass is 16.6. The van der Waals surface area contributed by atoms with Crippen LogP contribution in [0, 0.1) is 22.5 Å². The molecule has 0 aliphatic carbocycles. The first kappa shape index (κ1) is 14.9. The van der Waals surface area contributed by atoms with Gasteiger partial charge in [-0.05, 0) is 20.8 Å². The van der Waals surface area contributed by atoms with Crippen molar-refractivity contribution in [3.63, 3.8) is 0 Å². The lowest BCUT2D eigenvalue weighted by Crippen LogP contribution is -2.39. The van der Waals surface area contributed by atoms with Crippen LogP contribution in [-0.2, 0) is 4.79 Å². The van der Waals surface area contributed by atoms with Crippen LogP contribution < -0.4 is 10.6 Å². The zero-order chi connectivity index (χ0) is 14.6. The number of pyridine rings is 1. The van der Waals surface area contributed by atoms with Crippen LogP contribution in [0.3, 0.4) is 0 Å². The first-order valence-corrected chi connectivity index (χ1v) is 5.85. The van der Waals surface area contributed by atoms with Crippen molar-refractivity contribution in [2.24, 2.45) is 5.41 Å². The molecule has 0 atom stereocenters. The van der Waals surface area contributed by atoms with E-state index in [2.05, 4.69) is 15.6 Å². The van der Waals surface area contributed by atoms with Crippen molar-refractivity contribution in [2.45, 2.75) is 20.8 Å². The van der Waals surface area contributed by atoms with Crippen LogP contribution >= 0.6 is 0 Å². The average molecular weight is 266 g/mol. The molecule has 2 N–H and O–H groups in total. The van der Waals surface area contributed by atoms with Gasteiger partial charge in [0.05, 0.1) is 16.4 Å². The van der Waals surface area contributed by atoms with E-state index in [-0.39, 0.29) is 11.6 Å². The number of hydrogen-bond donors (Lipinski definition) is 2. The number of amides is 1. The Morgan fingerprint density at radius 1 is 1.53 bits per heavy atom. The van der Waals surface area contributed by atoms with E-state index in [1.165, 1.54) is 12.3 Å². The van der Waals surface area contributed by atoms with Gasteiger partial charge in [-0.3, -0.25) is 14.9 Å². The molecule has 0 aromatic carbocycles. The Morgan fingerprint density at radius 3 is 2.68 bits per heavy atom. The molecule has 1 aromatic rings. The molecule has 0 unspecified atom stereocenters. The summed E-state index contributed by atoms with van der Waals surface area (Å²) in [6.07, 6.45) is 1.44. The lowest BCUT2D eigenvalue weighted by atomic mass is 9.92. The van der Waals surface area contributed by atoms with Crippen molar-refractivity contribution >= 4 is 17.4 Å². The monoisotopic (exact) mass is 266 g/mol. The van der Waals surface area contributed by atoms with Gasteiger partial charge in [0.2, 0.25) is 5.91 Å². The Bertz CT molecular complexity index is 500. The predicted molar refractivity (Wildman–Crippen MR) is 72.0 cm³/mol. The van der Waals surface area contributed by atoms with Gasteiger partial charge in [0.15, 0.2) is 0 Å². The van der Waals surface area contributed by atoms with E-state index in [0.29, 0.717) is 17.9 Å². The molecule has 104 valence electrons. The molecule has 0 bridgehead atoms. The summed E-state index contributed by atoms with van der Waals surface area (Å²) in [4.78, 5) is 26.0. The van der Waals surface area contributed by atoms with Crippen molar-refractivity contribution in [3.05, 3.63) is 27.9 Å². The summed E-state index contributed by atoms with van der Waals surface area (Å²) in [6.45, 7) is 5.52. The molecule has 0 spiro atoms. The van der Waals surface area contributed by atoms with Crippen LogP contribution in [0.4, 0.5) is 11.5 Å². The Labute approximate surface area is 111 Å². The predicted octanol–water partition coefficient (Wildman–Crippen LogP) is 1.48. The van der Waals surface area contributed by atoms with E-state index in [0.717, 1.165) is 0 Å². The summed E-state index contributed by atoms with van der Waals surface area (Å²) in [5, 5.41) is 16.3. The highest BCUT2D eigenvalue weighted by Gasteiger charge is 2.26. The van der Waals surface area contributed by atoms with E-state index < -0.39 is 10.3 Å². The van der Waals surface area contributed by atoms with Gasteiger partial charge in [-0.25, -0.2) is 4.98 Å². The fraction of sp³-hybridized carbons (Fsp3) is 0.500. The number of aromatic nitrogens is 1. The Kier molecular flexibility index (Phi) is 4.42. The molecule has 1 amide bonds. The summed E-state index contributed by atoms with van der Waals surface area (Å²) in [5.41, 5.74) is -0.118. The van der Waals surface area contributed by atoms with Gasteiger partial charge in [0, 0.05) is 25.4 Å². The molecule has 19 heavy (non-hydrogen) atoms. The number of hydrogen-bond acceptors (Lipinski definition) is 5. The molecule has 0 saturated carbocycles. The number of carbonyl (C=O) groups excluding carboxylic acids is 1. The third-order valence-electron chi connectivity index (χ3n) is 2.82. The fourth-order valence-electron chi connectivity index (χ4n) is 1.54. The average Bonchev–Trinajstić information content (AvgIpc) is 2.36. The lowest BCUT2D eigenvalue weighted by molar-refractivity contribution is -0.385. The molecule has 0 fully saturated rings. The SMILES string of the molecule is CNC(=O)C(C)(C)CNc1cc([N+](=O)[O-])c(C)cn1. The van der Waals surface area contributed by atoms with Gasteiger partial charge in [0.1, 0.15) is 5.82 Å². The minimum atomic E-state index is -0.629. The topological polar surface area (TPSA) is 97.2 Å². The third-order valence-corrected chi connectivity index (χ3v) is 2.82. The van der Waals surface area contributed by atoms with Gasteiger partial charge >= 0.3 is 0 Å². The highest BCUT2D eigenvalue weighted by Crippen LogP contribution is 2.21. The number of nitrogens with zero attached hydrogens (tertiary/aromatic N) is 2. The molecular formula is C12H18N4O3. The number of nitro groups is 1. The quantitative estimate of drug-likeness (QED) is 0.621. The summed E-state index contributed by atoms with van der Waals surface area (Å²) in [7, 11) is 1.57. The second-order valence-electron chi connectivity index (χ2n) is 4.93. The first-order valence-electron chi connectivity index (χ1n) is 5.85. The van der Waals surface area contributed by atoms with Gasteiger partial charge in [-0.1, -0.05) is 0 Å². The smallest absolute Gasteiger partial charge is 0.277 e. The number of carbonyl (C=O) groups is 1. The van der Waals surface area contributed by atoms with E-state index in [4.69, 9.17) is 0 Å². The molecule has 1 aromatic heterocycles. The van der Waals surface area contributed by atoms with E-state index in [1.54, 1.807) is 27.8 Å². The molecule has 1 rings (SSSR count). The van der Waals surface area contributed by atoms with E-state index in [1.807, 2.05) is 0 Å². The lowest BCUT2D eigenvalue weighted by Gasteiger charge is -2.23. The summed E-state index contributed by atoms with van der Waals surface area (Å²) >= 11 is 0. The standard InChI is InChI=1S/C12H18N4O3/c1-8-6-14-10(5-9(8)16(18)19)15-7-12(2,3)11(17)13-4/h5-6H,7H2,1-4H3,(H,13,17)(H,14,15). The van der Waals surface area contributed by atoms with Crippen molar-refractivity contribution in [1.29, 1.82) is 0 Å². The summed E-state index contributed by atoms with van der Waals surface area (Å²) in [5.74, 6) is 0.274. The van der Waals surface area contributed by atoms with Crippen molar-refractivity contribution in [2.75, 3.05) is 18.9 Å². The third kappa shape index (κ3) is 3.64. The number of rotatable bonds is 5. The minimum Gasteiger partial charge on any atom is -0.369 e.